The van der Waals surface area contributed by atoms with Gasteiger partial charge in [-0.2, -0.15) is 8.42 Å². The van der Waals surface area contributed by atoms with Gasteiger partial charge in [0.2, 0.25) is 5.91 Å². The summed E-state index contributed by atoms with van der Waals surface area (Å²) in [7, 11) is -2.10. The van der Waals surface area contributed by atoms with Crippen molar-refractivity contribution < 1.29 is 13.2 Å². The van der Waals surface area contributed by atoms with Crippen LogP contribution < -0.4 is 5.32 Å². The summed E-state index contributed by atoms with van der Waals surface area (Å²) in [5.41, 5.74) is 1.22. The minimum Gasteiger partial charge on any atom is -0.359 e. The smallest absolute Gasteiger partial charge is 0.285 e. The van der Waals surface area contributed by atoms with E-state index in [9.17, 15) is 13.2 Å². The second-order valence-electron chi connectivity index (χ2n) is 6.23. The number of piperidine rings is 1. The van der Waals surface area contributed by atoms with E-state index in [1.54, 1.807) is 38.2 Å². The van der Waals surface area contributed by atoms with Crippen molar-refractivity contribution in [3.8, 4) is 0 Å². The molecule has 0 aromatic heterocycles. The molecular formula is C17H20ClN3O3S. The topological polar surface area (TPSA) is 78.8 Å². The van der Waals surface area contributed by atoms with Crippen LogP contribution in [-0.4, -0.2) is 45.2 Å². The van der Waals surface area contributed by atoms with Crippen LogP contribution in [0.3, 0.4) is 0 Å². The molecule has 0 unspecified atom stereocenters. The Labute approximate surface area is 152 Å². The van der Waals surface area contributed by atoms with Crippen LogP contribution in [0.25, 0.3) is 4.91 Å². The number of likely N-dealkylation sites (tertiary alicyclic amines) is 1. The average molecular weight is 382 g/mol. The molecule has 0 radical (unpaired) electrons. The van der Waals surface area contributed by atoms with Crippen molar-refractivity contribution in [2.24, 2.45) is 10.3 Å². The lowest BCUT2D eigenvalue weighted by Gasteiger charge is -2.32. The summed E-state index contributed by atoms with van der Waals surface area (Å²) in [4.78, 5) is 13.9. The molecule has 0 saturated carbocycles. The number of carbonyl (C=O) groups is 1. The van der Waals surface area contributed by atoms with E-state index in [1.165, 1.54) is 0 Å². The van der Waals surface area contributed by atoms with Crippen molar-refractivity contribution in [1.29, 1.82) is 0 Å². The zero-order valence-electron chi connectivity index (χ0n) is 14.1. The van der Waals surface area contributed by atoms with E-state index in [-0.39, 0.29) is 16.7 Å². The Bertz CT molecular complexity index is 852. The highest BCUT2D eigenvalue weighted by Gasteiger charge is 2.35. The zero-order chi connectivity index (χ0) is 18.2. The monoisotopic (exact) mass is 381 g/mol. The summed E-state index contributed by atoms with van der Waals surface area (Å²) < 4.78 is 29.1. The SMILES string of the molecule is CNC(=O)C1CCN(C2=NS(=O)(=O)C(c3ccc(Cl)cc3)=C2C)CC1. The summed E-state index contributed by atoms with van der Waals surface area (Å²) in [6.07, 6.45) is 1.37. The quantitative estimate of drug-likeness (QED) is 0.852. The first kappa shape index (κ1) is 17.9. The third-order valence-corrected chi connectivity index (χ3v) is 6.38. The molecule has 2 heterocycles. The molecule has 0 aliphatic carbocycles. The number of hydrogen-bond acceptors (Lipinski definition) is 4. The number of nitrogens with zero attached hydrogens (tertiary/aromatic N) is 2. The van der Waals surface area contributed by atoms with E-state index in [0.717, 1.165) is 0 Å². The van der Waals surface area contributed by atoms with Gasteiger partial charge in [0.1, 0.15) is 10.7 Å². The van der Waals surface area contributed by atoms with Crippen LogP contribution in [0.15, 0.2) is 34.2 Å². The molecule has 1 amide bonds. The molecule has 8 heteroatoms. The Morgan fingerprint density at radius 2 is 1.84 bits per heavy atom. The summed E-state index contributed by atoms with van der Waals surface area (Å²) in [6, 6.07) is 6.71. The fraction of sp³-hybridized carbons (Fsp3) is 0.412. The Hall–Kier alpha value is -1.86. The maximum absolute atomic E-state index is 12.6. The van der Waals surface area contributed by atoms with Crippen molar-refractivity contribution in [1.82, 2.24) is 10.2 Å². The van der Waals surface area contributed by atoms with Gasteiger partial charge in [-0.25, -0.2) is 0 Å². The van der Waals surface area contributed by atoms with E-state index in [0.29, 0.717) is 47.9 Å². The van der Waals surface area contributed by atoms with Crippen molar-refractivity contribution >= 4 is 38.3 Å². The van der Waals surface area contributed by atoms with Crippen LogP contribution in [0.2, 0.25) is 5.02 Å². The number of sulfonamides is 1. The molecule has 3 rings (SSSR count). The normalized spacial score (nSPS) is 20.6. The summed E-state index contributed by atoms with van der Waals surface area (Å²) >= 11 is 5.89. The van der Waals surface area contributed by atoms with Gasteiger partial charge in [0.25, 0.3) is 10.0 Å². The number of amides is 1. The van der Waals surface area contributed by atoms with Crippen molar-refractivity contribution in [2.45, 2.75) is 19.8 Å². The van der Waals surface area contributed by atoms with Gasteiger partial charge >= 0.3 is 0 Å². The molecule has 1 saturated heterocycles. The van der Waals surface area contributed by atoms with Crippen molar-refractivity contribution in [2.75, 3.05) is 20.1 Å². The predicted molar refractivity (Wildman–Crippen MR) is 98.8 cm³/mol. The van der Waals surface area contributed by atoms with Crippen LogP contribution in [0.4, 0.5) is 0 Å². The van der Waals surface area contributed by atoms with E-state index in [2.05, 4.69) is 9.71 Å². The Morgan fingerprint density at radius 1 is 1.24 bits per heavy atom. The molecule has 6 nitrogen and oxygen atoms in total. The lowest BCUT2D eigenvalue weighted by Crippen LogP contribution is -2.42. The first-order valence-corrected chi connectivity index (χ1v) is 9.94. The molecular weight excluding hydrogens is 362 g/mol. The number of benzene rings is 1. The lowest BCUT2D eigenvalue weighted by atomic mass is 9.95. The highest BCUT2D eigenvalue weighted by molar-refractivity contribution is 8.00. The first-order valence-electron chi connectivity index (χ1n) is 8.12. The molecule has 0 bridgehead atoms. The van der Waals surface area contributed by atoms with Crippen molar-refractivity contribution in [3.63, 3.8) is 0 Å². The second-order valence-corrected chi connectivity index (χ2v) is 8.20. The van der Waals surface area contributed by atoms with Gasteiger partial charge in [0.05, 0.1) is 0 Å². The number of carbonyl (C=O) groups excluding carboxylic acids is 1. The van der Waals surface area contributed by atoms with Gasteiger partial charge in [-0.1, -0.05) is 23.7 Å². The van der Waals surface area contributed by atoms with E-state index in [1.807, 2.05) is 4.90 Å². The van der Waals surface area contributed by atoms with Crippen LogP contribution in [-0.2, 0) is 14.8 Å². The predicted octanol–water partition coefficient (Wildman–Crippen LogP) is 2.27. The fourth-order valence-electron chi connectivity index (χ4n) is 3.34. The molecule has 2 aliphatic heterocycles. The minimum absolute atomic E-state index is 0.0279. The van der Waals surface area contributed by atoms with Crippen LogP contribution in [0.5, 0.6) is 0 Å². The highest BCUT2D eigenvalue weighted by Crippen LogP contribution is 2.35. The summed E-state index contributed by atoms with van der Waals surface area (Å²) in [5, 5.41) is 3.22. The molecule has 1 aromatic rings. The van der Waals surface area contributed by atoms with Gasteiger partial charge in [-0.3, -0.25) is 4.79 Å². The lowest BCUT2D eigenvalue weighted by molar-refractivity contribution is -0.125. The number of rotatable bonds is 2. The van der Waals surface area contributed by atoms with Gasteiger partial charge in [0.15, 0.2) is 0 Å². The maximum Gasteiger partial charge on any atom is 0.285 e. The highest BCUT2D eigenvalue weighted by atomic mass is 35.5. The average Bonchev–Trinajstić information content (AvgIpc) is 2.84. The third kappa shape index (κ3) is 3.43. The zero-order valence-corrected chi connectivity index (χ0v) is 15.7. The molecule has 1 aromatic carbocycles. The van der Waals surface area contributed by atoms with Crippen LogP contribution >= 0.6 is 11.6 Å². The number of amidine groups is 1. The minimum atomic E-state index is -3.73. The van der Waals surface area contributed by atoms with Gasteiger partial charge < -0.3 is 10.2 Å². The molecule has 134 valence electrons. The van der Waals surface area contributed by atoms with Gasteiger partial charge in [-0.15, -0.1) is 4.40 Å². The van der Waals surface area contributed by atoms with Gasteiger partial charge in [0, 0.05) is 36.7 Å². The molecule has 1 N–H and O–H groups in total. The van der Waals surface area contributed by atoms with E-state index < -0.39 is 10.0 Å². The molecule has 0 spiro atoms. The van der Waals surface area contributed by atoms with Crippen molar-refractivity contribution in [3.05, 3.63) is 40.4 Å². The molecule has 1 fully saturated rings. The Balaban J connectivity index is 1.86. The Morgan fingerprint density at radius 3 is 2.40 bits per heavy atom. The summed E-state index contributed by atoms with van der Waals surface area (Å²) in [5.74, 6) is 0.495. The maximum atomic E-state index is 12.6. The number of hydrogen-bond donors (Lipinski definition) is 1. The Kier molecular flexibility index (Phi) is 4.88. The molecule has 25 heavy (non-hydrogen) atoms. The van der Waals surface area contributed by atoms with Gasteiger partial charge in [-0.05, 0) is 37.5 Å². The van der Waals surface area contributed by atoms with Crippen LogP contribution in [0, 0.1) is 5.92 Å². The second kappa shape index (κ2) is 6.80. The molecule has 2 aliphatic rings. The molecule has 0 atom stereocenters. The fourth-order valence-corrected chi connectivity index (χ4v) is 4.95. The van der Waals surface area contributed by atoms with E-state index >= 15 is 0 Å². The van der Waals surface area contributed by atoms with Crippen LogP contribution in [0.1, 0.15) is 25.3 Å². The van der Waals surface area contributed by atoms with E-state index in [4.69, 9.17) is 11.6 Å². The third-order valence-electron chi connectivity index (χ3n) is 4.66. The summed E-state index contributed by atoms with van der Waals surface area (Å²) in [6.45, 7) is 2.99. The standard InChI is InChI=1S/C17H20ClN3O3S/c1-11-15(12-3-5-14(18)6-4-12)25(23,24)20-16(11)21-9-7-13(8-10-21)17(22)19-2/h3-6,13H,7-10H2,1-2H3,(H,19,22). The first-order chi connectivity index (χ1) is 11.8. The number of nitrogens with one attached hydrogen (secondary N) is 1. The number of halogens is 1. The largest absolute Gasteiger partial charge is 0.359 e.